The van der Waals surface area contributed by atoms with E-state index >= 15 is 0 Å². The summed E-state index contributed by atoms with van der Waals surface area (Å²) < 4.78 is 23.0. The number of nitrogens with one attached hydrogen (secondary N) is 1. The summed E-state index contributed by atoms with van der Waals surface area (Å²) in [7, 11) is 3.24. The maximum absolute atomic E-state index is 12.4. The van der Waals surface area contributed by atoms with Crippen molar-refractivity contribution in [1.82, 2.24) is 5.32 Å². The fourth-order valence-electron chi connectivity index (χ4n) is 4.35. The molecule has 1 heterocycles. The van der Waals surface area contributed by atoms with Crippen LogP contribution in [0.4, 0.5) is 4.79 Å². The average molecular weight is 448 g/mol. The van der Waals surface area contributed by atoms with Crippen molar-refractivity contribution in [2.45, 2.75) is 77.2 Å². The van der Waals surface area contributed by atoms with E-state index in [-0.39, 0.29) is 29.8 Å². The summed E-state index contributed by atoms with van der Waals surface area (Å²) in [6, 6.07) is -0.122. The lowest BCUT2D eigenvalue weighted by atomic mass is 9.68. The Morgan fingerprint density at radius 3 is 2.69 bits per heavy atom. The van der Waals surface area contributed by atoms with Crippen molar-refractivity contribution in [1.29, 1.82) is 0 Å². The fourth-order valence-corrected chi connectivity index (χ4v) is 5.16. The van der Waals surface area contributed by atoms with Gasteiger partial charge in [0.05, 0.1) is 35.9 Å². The molecule has 1 aliphatic heterocycles. The van der Waals surface area contributed by atoms with Crippen LogP contribution in [-0.2, 0) is 18.4 Å². The molecular formula is C21H37NO5S2. The Labute approximate surface area is 183 Å². The third-order valence-corrected chi connectivity index (χ3v) is 6.88. The Hall–Kier alpha value is -0.410. The molecule has 1 saturated carbocycles. The van der Waals surface area contributed by atoms with Crippen LogP contribution in [0.1, 0.15) is 53.4 Å². The summed E-state index contributed by atoms with van der Waals surface area (Å²) in [5.41, 5.74) is 1.24. The molecule has 2 fully saturated rings. The molecule has 0 aromatic rings. The maximum atomic E-state index is 12.4. The van der Waals surface area contributed by atoms with Crippen LogP contribution in [0.3, 0.4) is 0 Å². The second kappa shape index (κ2) is 11.8. The van der Waals surface area contributed by atoms with Gasteiger partial charge in [0, 0.05) is 13.0 Å². The van der Waals surface area contributed by atoms with Gasteiger partial charge < -0.3 is 23.7 Å². The molecule has 1 saturated heterocycles. The van der Waals surface area contributed by atoms with Crippen molar-refractivity contribution < 1.29 is 23.2 Å². The van der Waals surface area contributed by atoms with Crippen LogP contribution < -0.4 is 5.32 Å². The Kier molecular flexibility index (Phi) is 10.1. The van der Waals surface area contributed by atoms with Crippen LogP contribution in [0, 0.1) is 11.8 Å². The zero-order valence-electron chi connectivity index (χ0n) is 18.6. The lowest BCUT2D eigenvalue weighted by Gasteiger charge is -2.43. The summed E-state index contributed by atoms with van der Waals surface area (Å²) in [4.78, 5) is 12.4. The molecule has 0 aromatic heterocycles. The van der Waals surface area contributed by atoms with Gasteiger partial charge in [-0.15, -0.1) is 0 Å². The topological polar surface area (TPSA) is 69.3 Å². The molecule has 0 bridgehead atoms. The number of carbonyl (C=O) groups is 1. The number of rotatable bonds is 11. The number of carbonyl (C=O) groups excluding carboxylic acids is 1. The number of hydrogen-bond donors (Lipinski definition) is 1. The molecular weight excluding hydrogens is 410 g/mol. The van der Waals surface area contributed by atoms with Gasteiger partial charge in [0.25, 0.3) is 0 Å². The van der Waals surface area contributed by atoms with E-state index in [1.165, 1.54) is 27.4 Å². The second-order valence-electron chi connectivity index (χ2n) is 8.46. The Balaban J connectivity index is 1.95. The largest absolute Gasteiger partial charge is 0.443 e. The number of epoxide rings is 1. The number of allylic oxidation sites excluding steroid dienone is 2. The summed E-state index contributed by atoms with van der Waals surface area (Å²) >= 11 is 1.31. The van der Waals surface area contributed by atoms with E-state index in [9.17, 15) is 4.79 Å². The summed E-state index contributed by atoms with van der Waals surface area (Å²) in [6.07, 6.45) is 7.18. The molecule has 1 N–H and O–H groups in total. The SMILES string of the molecule is COC1C(OC(=O)NC(C)COSSC)CCC2(CO2)C1C(C)CCC=C(C)C. The first-order valence-electron chi connectivity index (χ1n) is 10.4. The number of amides is 1. The number of ether oxygens (including phenoxy) is 3. The zero-order valence-corrected chi connectivity index (χ0v) is 20.2. The minimum absolute atomic E-state index is 0.0996. The number of alkyl carbamates (subject to hydrolysis) is 1. The van der Waals surface area contributed by atoms with Crippen LogP contribution >= 0.6 is 21.9 Å². The Bertz CT molecular complexity index is 551. The van der Waals surface area contributed by atoms with Crippen molar-refractivity contribution in [2.75, 3.05) is 26.6 Å². The van der Waals surface area contributed by atoms with Crippen molar-refractivity contribution in [3.05, 3.63) is 11.6 Å². The van der Waals surface area contributed by atoms with E-state index < -0.39 is 6.09 Å². The molecule has 1 aliphatic carbocycles. The van der Waals surface area contributed by atoms with Crippen molar-refractivity contribution in [2.24, 2.45) is 11.8 Å². The van der Waals surface area contributed by atoms with E-state index in [1.54, 1.807) is 7.11 Å². The molecule has 168 valence electrons. The van der Waals surface area contributed by atoms with Gasteiger partial charge in [0.2, 0.25) is 0 Å². The van der Waals surface area contributed by atoms with Gasteiger partial charge >= 0.3 is 6.09 Å². The molecule has 1 amide bonds. The minimum atomic E-state index is -0.411. The minimum Gasteiger partial charge on any atom is -0.443 e. The van der Waals surface area contributed by atoms with Crippen molar-refractivity contribution >= 4 is 28.0 Å². The molecule has 6 unspecified atom stereocenters. The molecule has 6 nitrogen and oxygen atoms in total. The first-order valence-corrected chi connectivity index (χ1v) is 12.9. The third-order valence-electron chi connectivity index (χ3n) is 5.81. The van der Waals surface area contributed by atoms with Gasteiger partial charge in [0.15, 0.2) is 0 Å². The molecule has 1 spiro atoms. The van der Waals surface area contributed by atoms with E-state index in [2.05, 4.69) is 32.2 Å². The highest BCUT2D eigenvalue weighted by atomic mass is 33.1. The molecule has 0 aromatic carbocycles. The van der Waals surface area contributed by atoms with Crippen LogP contribution in [0.25, 0.3) is 0 Å². The average Bonchev–Trinajstić information content (AvgIpc) is 3.42. The monoisotopic (exact) mass is 447 g/mol. The van der Waals surface area contributed by atoms with Gasteiger partial charge in [-0.25, -0.2) is 4.79 Å². The van der Waals surface area contributed by atoms with Crippen LogP contribution in [0.2, 0.25) is 0 Å². The molecule has 2 rings (SSSR count). The quantitative estimate of drug-likeness (QED) is 0.157. The molecule has 29 heavy (non-hydrogen) atoms. The van der Waals surface area contributed by atoms with E-state index in [1.807, 2.05) is 13.2 Å². The van der Waals surface area contributed by atoms with Crippen LogP contribution in [0.15, 0.2) is 11.6 Å². The molecule has 0 radical (unpaired) electrons. The standard InChI is InChI=1S/C21H37NO5S2/c1-14(2)8-7-9-15(3)18-19(24-5)17(10-11-21(18)13-25-21)27-20(23)22-16(4)12-26-29-28-6/h8,15-19H,7,9-13H2,1-6H3,(H,22,23). The van der Waals surface area contributed by atoms with Gasteiger partial charge in [-0.05, 0) is 58.6 Å². The normalized spacial score (nSPS) is 30.5. The van der Waals surface area contributed by atoms with Crippen molar-refractivity contribution in [3.63, 3.8) is 0 Å². The number of methoxy groups -OCH3 is 1. The lowest BCUT2D eigenvalue weighted by molar-refractivity contribution is -0.114. The van der Waals surface area contributed by atoms with Gasteiger partial charge in [-0.3, -0.25) is 0 Å². The predicted octanol–water partition coefficient (Wildman–Crippen LogP) is 4.99. The summed E-state index contributed by atoms with van der Waals surface area (Å²) in [5, 5.41) is 2.85. The fraction of sp³-hybridized carbons (Fsp3) is 0.857. The molecule has 6 atom stereocenters. The Morgan fingerprint density at radius 2 is 2.10 bits per heavy atom. The third kappa shape index (κ3) is 7.35. The van der Waals surface area contributed by atoms with E-state index in [4.69, 9.17) is 18.4 Å². The van der Waals surface area contributed by atoms with E-state index in [0.29, 0.717) is 12.5 Å². The number of hydrogen-bond acceptors (Lipinski definition) is 7. The molecule has 2 aliphatic rings. The lowest BCUT2D eigenvalue weighted by Crippen LogP contribution is -2.53. The summed E-state index contributed by atoms with van der Waals surface area (Å²) in [6.45, 7) is 9.64. The predicted molar refractivity (Wildman–Crippen MR) is 120 cm³/mol. The highest BCUT2D eigenvalue weighted by molar-refractivity contribution is 8.74. The smallest absolute Gasteiger partial charge is 0.407 e. The van der Waals surface area contributed by atoms with Gasteiger partial charge in [0.1, 0.15) is 12.2 Å². The first kappa shape index (κ1) is 24.9. The summed E-state index contributed by atoms with van der Waals surface area (Å²) in [5.74, 6) is 0.645. The van der Waals surface area contributed by atoms with Gasteiger partial charge in [-0.2, -0.15) is 0 Å². The highest BCUT2D eigenvalue weighted by Crippen LogP contribution is 2.51. The maximum Gasteiger partial charge on any atom is 0.407 e. The molecule has 8 heteroatoms. The zero-order chi connectivity index (χ0) is 21.4. The van der Waals surface area contributed by atoms with Crippen LogP contribution in [0.5, 0.6) is 0 Å². The Morgan fingerprint density at radius 1 is 1.38 bits per heavy atom. The van der Waals surface area contributed by atoms with Crippen LogP contribution in [-0.4, -0.2) is 56.5 Å². The highest BCUT2D eigenvalue weighted by Gasteiger charge is 2.60. The van der Waals surface area contributed by atoms with Crippen molar-refractivity contribution in [3.8, 4) is 0 Å². The van der Waals surface area contributed by atoms with E-state index in [0.717, 1.165) is 32.3 Å². The first-order chi connectivity index (χ1) is 13.8. The van der Waals surface area contributed by atoms with Gasteiger partial charge in [-0.1, -0.05) is 29.4 Å². The second-order valence-corrected chi connectivity index (χ2v) is 10.6.